The van der Waals surface area contributed by atoms with E-state index in [1.807, 2.05) is 0 Å². The molecular formula is C26H21F3N2O4S. The fourth-order valence-electron chi connectivity index (χ4n) is 3.13. The Hall–Kier alpha value is -4.05. The topological polar surface area (TPSA) is 95.5 Å². The van der Waals surface area contributed by atoms with Gasteiger partial charge >= 0.3 is 12.1 Å². The number of hydrogen-bond acceptors (Lipinski definition) is 4. The average molecular weight is 515 g/mol. The average Bonchev–Trinajstić information content (AvgIpc) is 2.83. The molecule has 0 aliphatic rings. The number of carbonyl (C=O) groups is 3. The molecule has 0 radical (unpaired) electrons. The summed E-state index contributed by atoms with van der Waals surface area (Å²) >= 11 is 1.13. The summed E-state index contributed by atoms with van der Waals surface area (Å²) in [5, 5.41) is 12.9. The van der Waals surface area contributed by atoms with E-state index >= 15 is 0 Å². The highest BCUT2D eigenvalue weighted by Gasteiger charge is 2.34. The van der Waals surface area contributed by atoms with Crippen LogP contribution in [-0.2, 0) is 20.6 Å². The van der Waals surface area contributed by atoms with Gasteiger partial charge in [-0.1, -0.05) is 42.5 Å². The van der Waals surface area contributed by atoms with Crippen LogP contribution < -0.4 is 10.6 Å². The zero-order chi connectivity index (χ0) is 26.3. The van der Waals surface area contributed by atoms with Crippen LogP contribution in [0.4, 0.5) is 24.5 Å². The predicted octanol–water partition coefficient (Wildman–Crippen LogP) is 6.15. The zero-order valence-electron chi connectivity index (χ0n) is 18.9. The number of amides is 2. The maximum absolute atomic E-state index is 13.4. The molecule has 10 heteroatoms. The van der Waals surface area contributed by atoms with Crippen LogP contribution in [0.3, 0.4) is 0 Å². The largest absolute Gasteiger partial charge is 0.478 e. The molecule has 186 valence electrons. The van der Waals surface area contributed by atoms with E-state index < -0.39 is 34.8 Å². The Morgan fingerprint density at radius 1 is 0.889 bits per heavy atom. The smallest absolute Gasteiger partial charge is 0.418 e. The molecule has 0 aliphatic heterocycles. The lowest BCUT2D eigenvalue weighted by Crippen LogP contribution is -2.21. The quantitative estimate of drug-likeness (QED) is 0.248. The number of nitrogens with one attached hydrogen (secondary N) is 2. The number of benzene rings is 3. The summed E-state index contributed by atoms with van der Waals surface area (Å²) in [6.07, 6.45) is -3.67. The Kier molecular flexibility index (Phi) is 8.55. The molecule has 0 unspecified atom stereocenters. The molecule has 2 amide bonds. The molecule has 0 heterocycles. The summed E-state index contributed by atoms with van der Waals surface area (Å²) in [6.45, 7) is 1.30. The highest BCUT2D eigenvalue weighted by atomic mass is 32.2. The fourth-order valence-corrected chi connectivity index (χ4v) is 4.15. The Morgan fingerprint density at radius 2 is 1.50 bits per heavy atom. The third-order valence-corrected chi connectivity index (χ3v) is 6.16. The van der Waals surface area contributed by atoms with Crippen LogP contribution in [0, 0.1) is 0 Å². The Morgan fingerprint density at radius 3 is 2.11 bits per heavy atom. The van der Waals surface area contributed by atoms with Crippen molar-refractivity contribution >= 4 is 40.9 Å². The molecule has 3 aromatic carbocycles. The molecule has 0 aliphatic carbocycles. The van der Waals surface area contributed by atoms with E-state index in [-0.39, 0.29) is 11.3 Å². The SMILES string of the molecule is C/C(=C\C(=O)Nc1ccc(S[C@H](C(=O)Nc2ccccc2C(F)(F)F)c2ccccc2)cc1)C(=O)O. The number of aliphatic carboxylic acids is 1. The van der Waals surface area contributed by atoms with Crippen molar-refractivity contribution in [3.05, 3.63) is 102 Å². The van der Waals surface area contributed by atoms with Crippen molar-refractivity contribution in [2.24, 2.45) is 0 Å². The molecule has 1 atom stereocenters. The number of anilines is 2. The lowest BCUT2D eigenvalue weighted by Gasteiger charge is -2.19. The van der Waals surface area contributed by atoms with Crippen LogP contribution in [0.2, 0.25) is 0 Å². The van der Waals surface area contributed by atoms with E-state index in [2.05, 4.69) is 10.6 Å². The minimum atomic E-state index is -4.63. The van der Waals surface area contributed by atoms with Crippen molar-refractivity contribution in [1.29, 1.82) is 0 Å². The number of alkyl halides is 3. The molecule has 0 spiro atoms. The van der Waals surface area contributed by atoms with E-state index in [0.29, 0.717) is 16.1 Å². The molecule has 0 saturated carbocycles. The molecule has 0 aromatic heterocycles. The van der Waals surface area contributed by atoms with Gasteiger partial charge in [0.15, 0.2) is 0 Å². The van der Waals surface area contributed by atoms with Gasteiger partial charge in [-0.3, -0.25) is 9.59 Å². The van der Waals surface area contributed by atoms with Crippen molar-refractivity contribution in [3.8, 4) is 0 Å². The second-order valence-corrected chi connectivity index (χ2v) is 8.77. The molecule has 6 nitrogen and oxygen atoms in total. The van der Waals surface area contributed by atoms with E-state index in [1.54, 1.807) is 54.6 Å². The van der Waals surface area contributed by atoms with Crippen molar-refractivity contribution < 1.29 is 32.7 Å². The van der Waals surface area contributed by atoms with Gasteiger partial charge in [0.1, 0.15) is 5.25 Å². The van der Waals surface area contributed by atoms with Crippen molar-refractivity contribution in [1.82, 2.24) is 0 Å². The third-order valence-electron chi connectivity index (χ3n) is 4.89. The minimum absolute atomic E-state index is 0.122. The van der Waals surface area contributed by atoms with E-state index in [9.17, 15) is 27.6 Å². The van der Waals surface area contributed by atoms with Crippen molar-refractivity contribution in [2.45, 2.75) is 23.2 Å². The van der Waals surface area contributed by atoms with Crippen molar-refractivity contribution in [2.75, 3.05) is 10.6 Å². The van der Waals surface area contributed by atoms with Gasteiger partial charge in [0.25, 0.3) is 0 Å². The van der Waals surface area contributed by atoms with Gasteiger partial charge in [0, 0.05) is 22.2 Å². The molecule has 0 saturated heterocycles. The summed E-state index contributed by atoms with van der Waals surface area (Å²) in [5.74, 6) is -2.45. The van der Waals surface area contributed by atoms with Crippen LogP contribution in [0.25, 0.3) is 0 Å². The molecule has 0 fully saturated rings. The van der Waals surface area contributed by atoms with Crippen LogP contribution in [-0.4, -0.2) is 22.9 Å². The summed E-state index contributed by atoms with van der Waals surface area (Å²) in [7, 11) is 0. The van der Waals surface area contributed by atoms with Gasteiger partial charge in [-0.15, -0.1) is 11.8 Å². The molecule has 3 aromatic rings. The maximum atomic E-state index is 13.4. The normalized spacial score (nSPS) is 12.5. The number of hydrogen-bond donors (Lipinski definition) is 3. The number of thioether (sulfide) groups is 1. The second kappa shape index (κ2) is 11.6. The fraction of sp³-hybridized carbons (Fsp3) is 0.115. The summed E-state index contributed by atoms with van der Waals surface area (Å²) in [4.78, 5) is 36.6. The van der Waals surface area contributed by atoms with E-state index in [1.165, 1.54) is 25.1 Å². The first kappa shape index (κ1) is 26.6. The maximum Gasteiger partial charge on any atom is 0.418 e. The minimum Gasteiger partial charge on any atom is -0.478 e. The number of carboxylic acids is 1. The molecular weight excluding hydrogens is 493 g/mol. The third kappa shape index (κ3) is 7.22. The first-order valence-electron chi connectivity index (χ1n) is 10.6. The number of halogens is 3. The van der Waals surface area contributed by atoms with Crippen LogP contribution >= 0.6 is 11.8 Å². The Labute approximate surface area is 209 Å². The lowest BCUT2D eigenvalue weighted by atomic mass is 10.1. The predicted molar refractivity (Wildman–Crippen MR) is 132 cm³/mol. The van der Waals surface area contributed by atoms with Gasteiger partial charge in [0.2, 0.25) is 11.8 Å². The molecule has 3 N–H and O–H groups in total. The van der Waals surface area contributed by atoms with Gasteiger partial charge in [-0.2, -0.15) is 13.2 Å². The van der Waals surface area contributed by atoms with Crippen molar-refractivity contribution in [3.63, 3.8) is 0 Å². The first-order chi connectivity index (χ1) is 17.0. The van der Waals surface area contributed by atoms with Gasteiger partial charge < -0.3 is 15.7 Å². The molecule has 3 rings (SSSR count). The number of carboxylic acid groups (broad SMARTS) is 1. The van der Waals surface area contributed by atoms with Gasteiger partial charge in [0.05, 0.1) is 11.3 Å². The van der Waals surface area contributed by atoms with E-state index in [0.717, 1.165) is 23.9 Å². The number of rotatable bonds is 8. The Bertz CT molecular complexity index is 1280. The standard InChI is InChI=1S/C26H21F3N2O4S/c1-16(25(34)35)15-22(32)30-18-11-13-19(14-12-18)36-23(17-7-3-2-4-8-17)24(33)31-21-10-6-5-9-20(21)26(27,28)29/h2-15,23H,1H3,(H,30,32)(H,31,33)(H,34,35)/b16-15+/t23-/m0/s1. The summed E-state index contributed by atoms with van der Waals surface area (Å²) in [6, 6.07) is 19.8. The van der Waals surface area contributed by atoms with Gasteiger partial charge in [-0.25, -0.2) is 4.79 Å². The summed E-state index contributed by atoms with van der Waals surface area (Å²) in [5.41, 5.74) is -0.403. The number of para-hydroxylation sites is 1. The van der Waals surface area contributed by atoms with Gasteiger partial charge in [-0.05, 0) is 48.9 Å². The number of carbonyl (C=O) groups excluding carboxylic acids is 2. The van der Waals surface area contributed by atoms with Crippen LogP contribution in [0.5, 0.6) is 0 Å². The lowest BCUT2D eigenvalue weighted by molar-refractivity contribution is -0.137. The Balaban J connectivity index is 1.80. The van der Waals surface area contributed by atoms with E-state index in [4.69, 9.17) is 5.11 Å². The highest BCUT2D eigenvalue weighted by molar-refractivity contribution is 8.00. The molecule has 36 heavy (non-hydrogen) atoms. The second-order valence-electron chi connectivity index (χ2n) is 7.59. The zero-order valence-corrected chi connectivity index (χ0v) is 19.7. The first-order valence-corrected chi connectivity index (χ1v) is 11.4. The van der Waals surface area contributed by atoms with Crippen LogP contribution in [0.15, 0.2) is 95.4 Å². The molecule has 0 bridgehead atoms. The summed E-state index contributed by atoms with van der Waals surface area (Å²) < 4.78 is 40.2. The highest BCUT2D eigenvalue weighted by Crippen LogP contribution is 2.39. The monoisotopic (exact) mass is 514 g/mol. The van der Waals surface area contributed by atoms with Crippen LogP contribution in [0.1, 0.15) is 23.3 Å².